The molecule has 190 valence electrons. The second kappa shape index (κ2) is 8.76. The standard InChI is InChI=1S/C28H33N3O5/c1-30-15-13-28-18-8-9-19(29-22(32)6-4-3-5-14-31-23(33)11-12-24(31)34)27(28)36-26-21(35-2)10-7-17(25(26)28)16-20(18)30/h7-12,18-20,27H,3-6,13-16H2,1-2H3,(H,29,32)/t18-,19+,20+,27-,28-/m0/s1. The number of hydrogen-bond acceptors (Lipinski definition) is 6. The Kier molecular flexibility index (Phi) is 5.67. The molecular formula is C28H33N3O5. The van der Waals surface area contributed by atoms with E-state index >= 15 is 0 Å². The summed E-state index contributed by atoms with van der Waals surface area (Å²) >= 11 is 0. The van der Waals surface area contributed by atoms with Crippen molar-refractivity contribution in [2.24, 2.45) is 5.92 Å². The number of likely N-dealkylation sites (tertiary alicyclic amines) is 1. The summed E-state index contributed by atoms with van der Waals surface area (Å²) in [5.74, 6) is 1.47. The molecule has 0 saturated carbocycles. The van der Waals surface area contributed by atoms with Gasteiger partial charge in [0, 0.05) is 48.1 Å². The first-order valence-electron chi connectivity index (χ1n) is 13.0. The average Bonchev–Trinajstić information content (AvgIpc) is 3.39. The van der Waals surface area contributed by atoms with Crippen LogP contribution in [0.25, 0.3) is 0 Å². The maximum atomic E-state index is 12.9. The van der Waals surface area contributed by atoms with Crippen LogP contribution >= 0.6 is 0 Å². The van der Waals surface area contributed by atoms with Crippen LogP contribution in [0.3, 0.4) is 0 Å². The lowest BCUT2D eigenvalue weighted by Crippen LogP contribution is -2.66. The van der Waals surface area contributed by atoms with Crippen LogP contribution in [0.1, 0.15) is 43.2 Å². The molecule has 1 N–H and O–H groups in total. The summed E-state index contributed by atoms with van der Waals surface area (Å²) < 4.78 is 12.4. The Morgan fingerprint density at radius 1 is 1.17 bits per heavy atom. The molecule has 5 aliphatic rings. The van der Waals surface area contributed by atoms with Crippen molar-refractivity contribution >= 4 is 17.7 Å². The predicted octanol–water partition coefficient (Wildman–Crippen LogP) is 2.11. The third-order valence-electron chi connectivity index (χ3n) is 8.89. The molecule has 36 heavy (non-hydrogen) atoms. The molecule has 1 aromatic rings. The second-order valence-electron chi connectivity index (χ2n) is 10.7. The quantitative estimate of drug-likeness (QED) is 0.341. The van der Waals surface area contributed by atoms with Gasteiger partial charge in [-0.1, -0.05) is 24.6 Å². The maximum absolute atomic E-state index is 12.9. The van der Waals surface area contributed by atoms with Crippen LogP contribution in [0.15, 0.2) is 36.4 Å². The zero-order valence-electron chi connectivity index (χ0n) is 20.9. The van der Waals surface area contributed by atoms with Crippen molar-refractivity contribution in [3.63, 3.8) is 0 Å². The first-order chi connectivity index (χ1) is 17.4. The molecule has 3 amide bonds. The number of unbranched alkanes of at least 4 members (excludes halogenated alkanes) is 2. The molecule has 0 radical (unpaired) electrons. The van der Waals surface area contributed by atoms with Gasteiger partial charge in [0.1, 0.15) is 6.10 Å². The Balaban J connectivity index is 1.14. The zero-order chi connectivity index (χ0) is 25.0. The average molecular weight is 492 g/mol. The number of nitrogens with one attached hydrogen (secondary N) is 1. The SMILES string of the molecule is COc1ccc2c3c1O[C@H]1[C@H](NC(=O)CCCCCN4C(=O)C=CC4=O)C=C[C@H]4[C@@H](C2)N(C)CC[C@@]341. The van der Waals surface area contributed by atoms with E-state index in [0.29, 0.717) is 37.8 Å². The van der Waals surface area contributed by atoms with Crippen molar-refractivity contribution in [2.75, 3.05) is 27.2 Å². The van der Waals surface area contributed by atoms with E-state index in [1.165, 1.54) is 28.2 Å². The molecular weight excluding hydrogens is 458 g/mol. The number of likely N-dealkylation sites (N-methyl/N-ethyl adjacent to an activating group) is 1. The van der Waals surface area contributed by atoms with Crippen LogP contribution in [0.2, 0.25) is 0 Å². The van der Waals surface area contributed by atoms with Crippen molar-refractivity contribution in [1.82, 2.24) is 15.1 Å². The lowest BCUT2D eigenvalue weighted by molar-refractivity contribution is -0.137. The maximum Gasteiger partial charge on any atom is 0.253 e. The fourth-order valence-corrected chi connectivity index (χ4v) is 7.18. The van der Waals surface area contributed by atoms with Gasteiger partial charge in [-0.05, 0) is 50.9 Å². The summed E-state index contributed by atoms with van der Waals surface area (Å²) in [5, 5.41) is 3.25. The summed E-state index contributed by atoms with van der Waals surface area (Å²) in [6, 6.07) is 4.43. The van der Waals surface area contributed by atoms with Gasteiger partial charge in [0.2, 0.25) is 5.91 Å². The van der Waals surface area contributed by atoms with E-state index in [1.54, 1.807) is 7.11 Å². The highest BCUT2D eigenvalue weighted by molar-refractivity contribution is 6.12. The Bertz CT molecular complexity index is 1160. The van der Waals surface area contributed by atoms with Gasteiger partial charge in [-0.3, -0.25) is 19.3 Å². The largest absolute Gasteiger partial charge is 0.493 e. The van der Waals surface area contributed by atoms with Gasteiger partial charge in [0.15, 0.2) is 11.5 Å². The van der Waals surface area contributed by atoms with Crippen LogP contribution in [0.5, 0.6) is 11.5 Å². The number of carbonyl (C=O) groups is 3. The molecule has 1 fully saturated rings. The molecule has 2 bridgehead atoms. The summed E-state index contributed by atoms with van der Waals surface area (Å²) in [7, 11) is 3.90. The molecule has 1 spiro atoms. The van der Waals surface area contributed by atoms with Gasteiger partial charge in [-0.2, -0.15) is 0 Å². The number of amides is 3. The van der Waals surface area contributed by atoms with Gasteiger partial charge >= 0.3 is 0 Å². The van der Waals surface area contributed by atoms with E-state index in [2.05, 4.69) is 35.5 Å². The topological polar surface area (TPSA) is 88.2 Å². The number of nitrogens with zero attached hydrogens (tertiary/aromatic N) is 2. The minimum Gasteiger partial charge on any atom is -0.493 e. The van der Waals surface area contributed by atoms with Gasteiger partial charge in [0.05, 0.1) is 13.2 Å². The molecule has 0 unspecified atom stereocenters. The highest BCUT2D eigenvalue weighted by atomic mass is 16.5. The molecule has 8 nitrogen and oxygen atoms in total. The lowest BCUT2D eigenvalue weighted by atomic mass is 9.53. The van der Waals surface area contributed by atoms with Gasteiger partial charge in [-0.15, -0.1) is 0 Å². The molecule has 6 rings (SSSR count). The number of benzene rings is 1. The van der Waals surface area contributed by atoms with Crippen LogP contribution in [0.4, 0.5) is 0 Å². The number of piperidine rings is 1. The molecule has 8 heteroatoms. The smallest absolute Gasteiger partial charge is 0.253 e. The molecule has 1 aromatic carbocycles. The summed E-state index contributed by atoms with van der Waals surface area (Å²) in [4.78, 5) is 40.0. The summed E-state index contributed by atoms with van der Waals surface area (Å²) in [5.41, 5.74) is 2.49. The number of rotatable bonds is 8. The number of methoxy groups -OCH3 is 1. The first-order valence-corrected chi connectivity index (χ1v) is 13.0. The van der Waals surface area contributed by atoms with Crippen molar-refractivity contribution in [2.45, 2.75) is 62.1 Å². The van der Waals surface area contributed by atoms with E-state index < -0.39 is 0 Å². The molecule has 0 aromatic heterocycles. The second-order valence-corrected chi connectivity index (χ2v) is 10.7. The third-order valence-corrected chi connectivity index (χ3v) is 8.89. The van der Waals surface area contributed by atoms with E-state index in [1.807, 2.05) is 6.07 Å². The Labute approximate surface area is 211 Å². The van der Waals surface area contributed by atoms with Gasteiger partial charge in [-0.25, -0.2) is 0 Å². The van der Waals surface area contributed by atoms with Crippen LogP contribution < -0.4 is 14.8 Å². The third kappa shape index (κ3) is 3.41. The molecule has 5 atom stereocenters. The van der Waals surface area contributed by atoms with Crippen LogP contribution in [0, 0.1) is 5.92 Å². The van der Waals surface area contributed by atoms with E-state index in [0.717, 1.165) is 37.3 Å². The van der Waals surface area contributed by atoms with E-state index in [4.69, 9.17) is 9.47 Å². The molecule has 2 aliphatic carbocycles. The van der Waals surface area contributed by atoms with Crippen molar-refractivity contribution in [3.05, 3.63) is 47.6 Å². The lowest BCUT2D eigenvalue weighted by Gasteiger charge is -2.57. The van der Waals surface area contributed by atoms with E-state index in [-0.39, 0.29) is 35.3 Å². The monoisotopic (exact) mass is 491 g/mol. The predicted molar refractivity (Wildman–Crippen MR) is 133 cm³/mol. The number of imide groups is 1. The summed E-state index contributed by atoms with van der Waals surface area (Å²) in [6.07, 6.45) is 11.5. The zero-order valence-corrected chi connectivity index (χ0v) is 20.9. The fraction of sp³-hybridized carbons (Fsp3) is 0.536. The van der Waals surface area contributed by atoms with E-state index in [9.17, 15) is 14.4 Å². The summed E-state index contributed by atoms with van der Waals surface area (Å²) in [6.45, 7) is 1.40. The number of ether oxygens (including phenoxy) is 2. The molecule has 3 heterocycles. The first kappa shape index (κ1) is 23.3. The van der Waals surface area contributed by atoms with Gasteiger partial charge in [0.25, 0.3) is 11.8 Å². The molecule has 1 saturated heterocycles. The Morgan fingerprint density at radius 2 is 1.97 bits per heavy atom. The normalized spacial score (nSPS) is 31.4. The molecule has 3 aliphatic heterocycles. The van der Waals surface area contributed by atoms with Crippen LogP contribution in [-0.4, -0.2) is 73.0 Å². The highest BCUT2D eigenvalue weighted by Gasteiger charge is 2.64. The minimum absolute atomic E-state index is 0.00141. The fourth-order valence-electron chi connectivity index (χ4n) is 7.18. The minimum atomic E-state index is -0.254. The van der Waals surface area contributed by atoms with Crippen molar-refractivity contribution in [3.8, 4) is 11.5 Å². The Morgan fingerprint density at radius 3 is 2.75 bits per heavy atom. The van der Waals surface area contributed by atoms with Crippen molar-refractivity contribution in [1.29, 1.82) is 0 Å². The van der Waals surface area contributed by atoms with Gasteiger partial charge < -0.3 is 19.7 Å². The number of hydrogen-bond donors (Lipinski definition) is 1. The highest BCUT2D eigenvalue weighted by Crippen LogP contribution is 2.62. The van der Waals surface area contributed by atoms with Crippen LogP contribution in [-0.2, 0) is 26.2 Å². The van der Waals surface area contributed by atoms with Crippen molar-refractivity contribution < 1.29 is 23.9 Å². The Hall–Kier alpha value is -3.13. The number of carbonyl (C=O) groups excluding carboxylic acids is 3.